The summed E-state index contributed by atoms with van der Waals surface area (Å²) in [5.41, 5.74) is 3.70. The van der Waals surface area contributed by atoms with Gasteiger partial charge in [-0.15, -0.1) is 0 Å². The largest absolute Gasteiger partial charge is 0.494 e. The molecule has 0 radical (unpaired) electrons. The number of methoxy groups -OCH3 is 1. The van der Waals surface area contributed by atoms with Crippen LogP contribution in [0.2, 0.25) is 0 Å². The van der Waals surface area contributed by atoms with Gasteiger partial charge in [0.15, 0.2) is 5.88 Å². The maximum atomic E-state index is 12.8. The lowest BCUT2D eigenvalue weighted by Gasteiger charge is -2.32. The topological polar surface area (TPSA) is 122 Å². The van der Waals surface area contributed by atoms with Crippen molar-refractivity contribution in [2.24, 2.45) is 0 Å². The average molecular weight is 568 g/mol. The van der Waals surface area contributed by atoms with Gasteiger partial charge in [0.2, 0.25) is 0 Å². The number of hydrogen-bond acceptors (Lipinski definition) is 8. The first-order valence-electron chi connectivity index (χ1n) is 14.0. The van der Waals surface area contributed by atoms with Crippen LogP contribution in [0.15, 0.2) is 73.1 Å². The first-order chi connectivity index (χ1) is 20.6. The number of aromatic amines is 1. The van der Waals surface area contributed by atoms with E-state index in [1.54, 1.807) is 25.3 Å². The van der Waals surface area contributed by atoms with Gasteiger partial charge < -0.3 is 29.6 Å². The van der Waals surface area contributed by atoms with Crippen molar-refractivity contribution in [3.63, 3.8) is 0 Å². The Balaban J connectivity index is 1.15. The fourth-order valence-corrected chi connectivity index (χ4v) is 5.41. The highest BCUT2D eigenvalue weighted by Crippen LogP contribution is 2.40. The zero-order valence-electron chi connectivity index (χ0n) is 23.4. The molecule has 10 heteroatoms. The molecule has 216 valence electrons. The first kappa shape index (κ1) is 27.5. The van der Waals surface area contributed by atoms with Crippen molar-refractivity contribution in [1.82, 2.24) is 25.2 Å². The van der Waals surface area contributed by atoms with Crippen molar-refractivity contribution in [2.75, 3.05) is 33.4 Å². The second-order valence-corrected chi connectivity index (χ2v) is 10.4. The molecule has 0 atom stereocenters. The van der Waals surface area contributed by atoms with Crippen molar-refractivity contribution < 1.29 is 24.1 Å². The molecule has 1 fully saturated rings. The number of benzene rings is 3. The third-order valence-corrected chi connectivity index (χ3v) is 7.52. The van der Waals surface area contributed by atoms with Gasteiger partial charge in [0.05, 0.1) is 23.4 Å². The molecule has 0 unspecified atom stereocenters. The van der Waals surface area contributed by atoms with Gasteiger partial charge in [-0.1, -0.05) is 30.3 Å². The molecular formula is C32H33N5O5. The number of aromatic nitrogens is 3. The summed E-state index contributed by atoms with van der Waals surface area (Å²) in [5, 5.41) is 15.3. The summed E-state index contributed by atoms with van der Waals surface area (Å²) in [6, 6.07) is 21.2. The van der Waals surface area contributed by atoms with Gasteiger partial charge in [0.25, 0.3) is 0 Å². The van der Waals surface area contributed by atoms with Crippen LogP contribution in [-0.4, -0.2) is 70.5 Å². The highest BCUT2D eigenvalue weighted by Gasteiger charge is 2.22. The molecular weight excluding hydrogens is 534 g/mol. The van der Waals surface area contributed by atoms with Crippen LogP contribution >= 0.6 is 0 Å². The van der Waals surface area contributed by atoms with Crippen LogP contribution < -0.4 is 14.8 Å². The number of amides is 1. The lowest BCUT2D eigenvalue weighted by Crippen LogP contribution is -2.45. The van der Waals surface area contributed by atoms with Crippen molar-refractivity contribution in [2.45, 2.75) is 25.4 Å². The van der Waals surface area contributed by atoms with Gasteiger partial charge in [-0.05, 0) is 48.7 Å². The number of fused-ring (bicyclic) bond motifs is 2. The smallest absolute Gasteiger partial charge is 0.412 e. The molecule has 1 aliphatic heterocycles. The highest BCUT2D eigenvalue weighted by atomic mass is 16.6. The maximum Gasteiger partial charge on any atom is 0.412 e. The summed E-state index contributed by atoms with van der Waals surface area (Å²) in [6.07, 6.45) is 2.67. The zero-order valence-corrected chi connectivity index (χ0v) is 23.4. The van der Waals surface area contributed by atoms with Gasteiger partial charge in [-0.3, -0.25) is 4.90 Å². The molecule has 0 aliphatic carbocycles. The minimum Gasteiger partial charge on any atom is -0.494 e. The van der Waals surface area contributed by atoms with Crippen molar-refractivity contribution in [3.8, 4) is 28.6 Å². The predicted molar refractivity (Wildman–Crippen MR) is 160 cm³/mol. The summed E-state index contributed by atoms with van der Waals surface area (Å²) in [5.74, 6) is 0.999. The van der Waals surface area contributed by atoms with E-state index in [0.29, 0.717) is 52.4 Å². The number of likely N-dealkylation sites (tertiary alicyclic amines) is 1. The van der Waals surface area contributed by atoms with E-state index in [0.717, 1.165) is 37.9 Å². The van der Waals surface area contributed by atoms with E-state index in [1.807, 2.05) is 24.3 Å². The third-order valence-electron chi connectivity index (χ3n) is 7.52. The SMILES string of the molecule is COCCOc1ccc2c(-c3c(O)[nH]c4ccc(OC(=O)NC5CCN(Cc6ccccc6)CC5)cc34)ncnc2c1. The average Bonchev–Trinajstić information content (AvgIpc) is 3.33. The first-order valence-corrected chi connectivity index (χ1v) is 14.0. The van der Waals surface area contributed by atoms with Crippen molar-refractivity contribution >= 4 is 27.9 Å². The van der Waals surface area contributed by atoms with E-state index in [1.165, 1.54) is 11.9 Å². The van der Waals surface area contributed by atoms with Gasteiger partial charge in [-0.25, -0.2) is 14.8 Å². The van der Waals surface area contributed by atoms with Gasteiger partial charge in [0.1, 0.15) is 24.4 Å². The minimum atomic E-state index is -0.495. The fraction of sp³-hybridized carbons (Fsp3) is 0.281. The second-order valence-electron chi connectivity index (χ2n) is 10.4. The Labute approximate surface area is 243 Å². The minimum absolute atomic E-state index is 0.0331. The fourth-order valence-electron chi connectivity index (χ4n) is 5.41. The summed E-state index contributed by atoms with van der Waals surface area (Å²) < 4.78 is 16.4. The normalized spacial score (nSPS) is 14.3. The number of aromatic hydroxyl groups is 1. The molecule has 3 aromatic carbocycles. The molecule has 0 saturated carbocycles. The molecule has 2 aromatic heterocycles. The molecule has 1 amide bonds. The van der Waals surface area contributed by atoms with Gasteiger partial charge >= 0.3 is 6.09 Å². The number of carbonyl (C=O) groups excluding carboxylic acids is 1. The standard InChI is InChI=1S/C32H33N5O5/c1-40-15-16-41-23-7-9-25-28(18-23)33-20-34-30(25)29-26-17-24(8-10-27(26)36-31(29)38)42-32(39)35-22-11-13-37(14-12-22)19-21-5-3-2-4-6-21/h2-10,17-18,20,22,36,38H,11-16,19H2,1H3,(H,35,39). The highest BCUT2D eigenvalue weighted by molar-refractivity contribution is 6.05. The van der Waals surface area contributed by atoms with E-state index in [4.69, 9.17) is 14.2 Å². The van der Waals surface area contributed by atoms with E-state index < -0.39 is 6.09 Å². The van der Waals surface area contributed by atoms with Crippen LogP contribution in [0.4, 0.5) is 4.79 Å². The Kier molecular flexibility index (Phi) is 8.16. The number of ether oxygens (including phenoxy) is 3. The number of piperidine rings is 1. The van der Waals surface area contributed by atoms with Crippen LogP contribution in [0, 0.1) is 0 Å². The number of carbonyl (C=O) groups is 1. The molecule has 1 aliphatic rings. The van der Waals surface area contributed by atoms with Gasteiger partial charge in [-0.2, -0.15) is 0 Å². The molecule has 10 nitrogen and oxygen atoms in total. The van der Waals surface area contributed by atoms with Crippen LogP contribution in [0.25, 0.3) is 33.1 Å². The molecule has 3 heterocycles. The van der Waals surface area contributed by atoms with Crippen LogP contribution in [0.3, 0.4) is 0 Å². The van der Waals surface area contributed by atoms with Gasteiger partial charge in [0, 0.05) is 55.1 Å². The molecule has 1 saturated heterocycles. The Bertz CT molecular complexity index is 1680. The Morgan fingerprint density at radius 3 is 2.62 bits per heavy atom. The Hall–Kier alpha value is -4.67. The number of nitrogens with one attached hydrogen (secondary N) is 2. The Morgan fingerprint density at radius 2 is 1.81 bits per heavy atom. The summed E-state index contributed by atoms with van der Waals surface area (Å²) >= 11 is 0. The third kappa shape index (κ3) is 6.14. The van der Waals surface area contributed by atoms with Crippen molar-refractivity contribution in [3.05, 3.63) is 78.6 Å². The van der Waals surface area contributed by atoms with E-state index in [-0.39, 0.29) is 11.9 Å². The monoisotopic (exact) mass is 567 g/mol. The molecule has 6 rings (SSSR count). The number of nitrogens with zero attached hydrogens (tertiary/aromatic N) is 3. The number of rotatable bonds is 9. The molecule has 0 spiro atoms. The van der Waals surface area contributed by atoms with Crippen LogP contribution in [0.5, 0.6) is 17.4 Å². The lowest BCUT2D eigenvalue weighted by molar-refractivity contribution is 0.146. The molecule has 42 heavy (non-hydrogen) atoms. The second kappa shape index (κ2) is 12.5. The van der Waals surface area contributed by atoms with E-state index >= 15 is 0 Å². The Morgan fingerprint density at radius 1 is 1.00 bits per heavy atom. The predicted octanol–water partition coefficient (Wildman–Crippen LogP) is 5.26. The lowest BCUT2D eigenvalue weighted by atomic mass is 10.0. The van der Waals surface area contributed by atoms with Crippen molar-refractivity contribution in [1.29, 1.82) is 0 Å². The van der Waals surface area contributed by atoms with E-state index in [2.05, 4.69) is 49.4 Å². The van der Waals surface area contributed by atoms with Crippen LogP contribution in [0.1, 0.15) is 18.4 Å². The summed E-state index contributed by atoms with van der Waals surface area (Å²) in [4.78, 5) is 27.1. The molecule has 5 aromatic rings. The number of hydrogen-bond donors (Lipinski definition) is 3. The zero-order chi connectivity index (χ0) is 28.9. The van der Waals surface area contributed by atoms with Crippen LogP contribution in [-0.2, 0) is 11.3 Å². The molecule has 3 N–H and O–H groups in total. The summed E-state index contributed by atoms with van der Waals surface area (Å²) in [6.45, 7) is 3.63. The quantitative estimate of drug-likeness (QED) is 0.206. The summed E-state index contributed by atoms with van der Waals surface area (Å²) in [7, 11) is 1.62. The maximum absolute atomic E-state index is 12.8. The molecule has 0 bridgehead atoms. The van der Waals surface area contributed by atoms with E-state index in [9.17, 15) is 9.90 Å². The number of H-pyrrole nitrogens is 1.